The summed E-state index contributed by atoms with van der Waals surface area (Å²) in [5.41, 5.74) is 8.34. The fourth-order valence-corrected chi connectivity index (χ4v) is 3.20. The number of rotatable bonds is 4. The molecule has 23 heavy (non-hydrogen) atoms. The Morgan fingerprint density at radius 2 is 2.04 bits per heavy atom. The predicted molar refractivity (Wildman–Crippen MR) is 84.1 cm³/mol. The summed E-state index contributed by atoms with van der Waals surface area (Å²) in [5.74, 6) is -0.662. The van der Waals surface area contributed by atoms with Gasteiger partial charge in [-0.3, -0.25) is 20.2 Å². The molecule has 0 spiro atoms. The summed E-state index contributed by atoms with van der Waals surface area (Å²) in [5, 5.41) is 10.2. The van der Waals surface area contributed by atoms with Crippen molar-refractivity contribution in [3.63, 3.8) is 0 Å². The molecule has 122 valence electrons. The van der Waals surface area contributed by atoms with Gasteiger partial charge in [-0.25, -0.2) is 5.43 Å². The van der Waals surface area contributed by atoms with Crippen molar-refractivity contribution in [3.05, 3.63) is 36.2 Å². The van der Waals surface area contributed by atoms with Gasteiger partial charge in [0.15, 0.2) is 0 Å². The number of hydrazine groups is 1. The van der Waals surface area contributed by atoms with Crippen molar-refractivity contribution in [3.8, 4) is 0 Å². The molecule has 4 atom stereocenters. The van der Waals surface area contributed by atoms with Crippen LogP contribution in [0.4, 0.5) is 0 Å². The normalized spacial score (nSPS) is 25.4. The number of aromatic nitrogens is 2. The van der Waals surface area contributed by atoms with Crippen LogP contribution in [0.1, 0.15) is 24.8 Å². The van der Waals surface area contributed by atoms with Gasteiger partial charge in [0.2, 0.25) is 0 Å². The van der Waals surface area contributed by atoms with Crippen molar-refractivity contribution in [1.82, 2.24) is 20.8 Å². The van der Waals surface area contributed by atoms with Gasteiger partial charge in [0.05, 0.1) is 24.6 Å². The monoisotopic (exact) mass is 316 g/mol. The zero-order valence-electron chi connectivity index (χ0n) is 13.1. The second-order valence-corrected chi connectivity index (χ2v) is 5.79. The Morgan fingerprint density at radius 3 is 2.70 bits per heavy atom. The minimum Gasteiger partial charge on any atom is -0.469 e. The summed E-state index contributed by atoms with van der Waals surface area (Å²) >= 11 is 0. The summed E-state index contributed by atoms with van der Waals surface area (Å²) < 4.78 is 4.83. The van der Waals surface area contributed by atoms with Gasteiger partial charge in [0, 0.05) is 30.3 Å². The molecule has 3 rings (SSSR count). The molecule has 1 aromatic heterocycles. The number of nitrogens with one attached hydrogen (secondary N) is 2. The first kappa shape index (κ1) is 15.8. The molecule has 7 heteroatoms. The van der Waals surface area contributed by atoms with E-state index in [9.17, 15) is 9.90 Å². The maximum absolute atomic E-state index is 11.9. The first-order valence-corrected chi connectivity index (χ1v) is 7.56. The Labute approximate surface area is 134 Å². The van der Waals surface area contributed by atoms with Gasteiger partial charge in [-0.15, -0.1) is 0 Å². The van der Waals surface area contributed by atoms with Gasteiger partial charge in [-0.2, -0.15) is 0 Å². The Hall–Kier alpha value is -2.09. The van der Waals surface area contributed by atoms with Crippen molar-refractivity contribution in [1.29, 1.82) is 0 Å². The molecule has 1 aromatic carbocycles. The molecule has 1 aliphatic heterocycles. The maximum Gasteiger partial charge on any atom is 0.306 e. The Balaban J connectivity index is 2.00. The topological polar surface area (TPSA) is 96.4 Å². The summed E-state index contributed by atoms with van der Waals surface area (Å²) in [6, 6.07) is 5.75. The van der Waals surface area contributed by atoms with Crippen LogP contribution >= 0.6 is 0 Å². The lowest BCUT2D eigenvalue weighted by atomic mass is 9.79. The lowest BCUT2D eigenvalue weighted by Crippen LogP contribution is -2.33. The van der Waals surface area contributed by atoms with E-state index in [2.05, 4.69) is 20.8 Å². The Morgan fingerprint density at radius 1 is 1.30 bits per heavy atom. The van der Waals surface area contributed by atoms with Crippen molar-refractivity contribution >= 4 is 17.0 Å². The number of fused-ring (bicyclic) bond motifs is 1. The molecule has 0 radical (unpaired) electrons. The van der Waals surface area contributed by atoms with Crippen LogP contribution in [0.25, 0.3) is 11.0 Å². The summed E-state index contributed by atoms with van der Waals surface area (Å²) in [6.45, 7) is 1.97. The maximum atomic E-state index is 11.9. The van der Waals surface area contributed by atoms with E-state index in [1.165, 1.54) is 7.11 Å². The number of ether oxygens (including phenoxy) is 1. The quantitative estimate of drug-likeness (QED) is 0.715. The lowest BCUT2D eigenvalue weighted by molar-refractivity contribution is -0.141. The van der Waals surface area contributed by atoms with Crippen LogP contribution in [0.15, 0.2) is 30.6 Å². The number of methoxy groups -OCH3 is 1. The highest BCUT2D eigenvalue weighted by Gasteiger charge is 2.39. The van der Waals surface area contributed by atoms with Crippen molar-refractivity contribution in [2.45, 2.75) is 31.5 Å². The van der Waals surface area contributed by atoms with E-state index >= 15 is 0 Å². The fraction of sp³-hybridized carbons (Fsp3) is 0.438. The van der Waals surface area contributed by atoms with Gasteiger partial charge in [-0.1, -0.05) is 6.07 Å². The first-order valence-electron chi connectivity index (χ1n) is 7.56. The van der Waals surface area contributed by atoms with Gasteiger partial charge in [0.25, 0.3) is 0 Å². The molecule has 0 amide bonds. The standard InChI is InChI=1S/C16H20N4O3/c1-9-15(16(22)20-19-9)11(8-14(21)23-2)10-3-4-12-13(7-10)18-6-5-17-12/h3-7,9,11,15-16,19-20,22H,8H2,1-2H3. The predicted octanol–water partition coefficient (Wildman–Crippen LogP) is 0.707. The number of carbonyl (C=O) groups is 1. The van der Waals surface area contributed by atoms with Gasteiger partial charge >= 0.3 is 5.97 Å². The molecule has 0 bridgehead atoms. The Bertz CT molecular complexity index is 699. The summed E-state index contributed by atoms with van der Waals surface area (Å²) in [6.07, 6.45) is 2.73. The number of aliphatic hydroxyl groups excluding tert-OH is 1. The van der Waals surface area contributed by atoms with Crippen LogP contribution in [-0.4, -0.2) is 40.4 Å². The number of benzene rings is 1. The summed E-state index contributed by atoms with van der Waals surface area (Å²) in [4.78, 5) is 20.4. The smallest absolute Gasteiger partial charge is 0.306 e. The molecule has 1 aliphatic rings. The van der Waals surface area contributed by atoms with E-state index < -0.39 is 6.23 Å². The zero-order valence-corrected chi connectivity index (χ0v) is 13.1. The third-order valence-electron chi connectivity index (χ3n) is 4.40. The third kappa shape index (κ3) is 3.17. The molecule has 2 heterocycles. The van der Waals surface area contributed by atoms with E-state index in [0.29, 0.717) is 0 Å². The number of esters is 1. The number of hydrogen-bond donors (Lipinski definition) is 3. The summed E-state index contributed by atoms with van der Waals surface area (Å²) in [7, 11) is 1.37. The minimum atomic E-state index is -0.739. The van der Waals surface area contributed by atoms with Crippen molar-refractivity contribution in [2.24, 2.45) is 5.92 Å². The van der Waals surface area contributed by atoms with Crippen LogP contribution in [0, 0.1) is 5.92 Å². The highest BCUT2D eigenvalue weighted by Crippen LogP contribution is 2.35. The second-order valence-electron chi connectivity index (χ2n) is 5.79. The van der Waals surface area contributed by atoms with Crippen molar-refractivity contribution in [2.75, 3.05) is 7.11 Å². The molecule has 7 nitrogen and oxygen atoms in total. The molecule has 2 aromatic rings. The average molecular weight is 316 g/mol. The average Bonchev–Trinajstić information content (AvgIpc) is 2.90. The molecule has 0 aliphatic carbocycles. The van der Waals surface area contributed by atoms with Crippen LogP contribution in [-0.2, 0) is 9.53 Å². The van der Waals surface area contributed by atoms with Crippen LogP contribution in [0.3, 0.4) is 0 Å². The molecule has 1 fully saturated rings. The van der Waals surface area contributed by atoms with Crippen molar-refractivity contribution < 1.29 is 14.6 Å². The van der Waals surface area contributed by atoms with E-state index in [-0.39, 0.29) is 30.3 Å². The fourth-order valence-electron chi connectivity index (χ4n) is 3.20. The van der Waals surface area contributed by atoms with Gasteiger partial charge in [-0.05, 0) is 24.6 Å². The SMILES string of the molecule is COC(=O)CC(c1ccc2nccnc2c1)C1C(C)NNC1O. The third-order valence-corrected chi connectivity index (χ3v) is 4.40. The van der Waals surface area contributed by atoms with E-state index in [4.69, 9.17) is 4.74 Å². The molecular weight excluding hydrogens is 296 g/mol. The van der Waals surface area contributed by atoms with E-state index in [0.717, 1.165) is 16.6 Å². The molecule has 0 saturated carbocycles. The lowest BCUT2D eigenvalue weighted by Gasteiger charge is -2.27. The van der Waals surface area contributed by atoms with E-state index in [1.807, 2.05) is 25.1 Å². The highest BCUT2D eigenvalue weighted by atomic mass is 16.5. The number of aliphatic hydroxyl groups is 1. The second kappa shape index (κ2) is 6.57. The van der Waals surface area contributed by atoms with Gasteiger partial charge < -0.3 is 9.84 Å². The highest BCUT2D eigenvalue weighted by molar-refractivity contribution is 5.75. The van der Waals surface area contributed by atoms with Crippen LogP contribution < -0.4 is 10.9 Å². The Kier molecular flexibility index (Phi) is 4.51. The number of nitrogens with zero attached hydrogens (tertiary/aromatic N) is 2. The zero-order chi connectivity index (χ0) is 16.4. The van der Waals surface area contributed by atoms with Crippen LogP contribution in [0.5, 0.6) is 0 Å². The minimum absolute atomic E-state index is 0.0113. The molecule has 4 unspecified atom stereocenters. The van der Waals surface area contributed by atoms with E-state index in [1.54, 1.807) is 12.4 Å². The first-order chi connectivity index (χ1) is 11.1. The molecular formula is C16H20N4O3. The van der Waals surface area contributed by atoms with Crippen LogP contribution in [0.2, 0.25) is 0 Å². The molecule has 3 N–H and O–H groups in total. The molecule has 1 saturated heterocycles. The number of carbonyl (C=O) groups excluding carboxylic acids is 1. The number of hydrogen-bond acceptors (Lipinski definition) is 7. The largest absolute Gasteiger partial charge is 0.469 e. The van der Waals surface area contributed by atoms with Gasteiger partial charge in [0.1, 0.15) is 6.23 Å².